The number of nitrogens with two attached hydrogens (primary N) is 2. The molecular formula is C12H10N8O. The van der Waals surface area contributed by atoms with Crippen LogP contribution in [0.2, 0.25) is 0 Å². The number of aromatic nitrogens is 6. The lowest BCUT2D eigenvalue weighted by Crippen LogP contribution is -2.00. The van der Waals surface area contributed by atoms with Crippen LogP contribution in [0.15, 0.2) is 30.7 Å². The van der Waals surface area contributed by atoms with E-state index in [-0.39, 0.29) is 29.2 Å². The van der Waals surface area contributed by atoms with Crippen LogP contribution in [0.4, 0.5) is 11.9 Å². The molecule has 0 radical (unpaired) electrons. The maximum Gasteiger partial charge on any atom is 0.220 e. The summed E-state index contributed by atoms with van der Waals surface area (Å²) in [6.07, 6.45) is 4.23. The van der Waals surface area contributed by atoms with Gasteiger partial charge in [0, 0.05) is 12.4 Å². The molecule has 0 aliphatic heterocycles. The highest BCUT2D eigenvalue weighted by Gasteiger charge is 2.13. The van der Waals surface area contributed by atoms with Crippen LogP contribution >= 0.6 is 0 Å². The third-order valence-corrected chi connectivity index (χ3v) is 2.59. The minimum absolute atomic E-state index is 0.0818. The number of hydrogen-bond donors (Lipinski definition) is 3. The Hall–Kier alpha value is -3.36. The summed E-state index contributed by atoms with van der Waals surface area (Å²) in [6, 6.07) is 3.19. The van der Waals surface area contributed by atoms with Gasteiger partial charge in [0.25, 0.3) is 0 Å². The second kappa shape index (κ2) is 4.96. The standard InChI is InChI=1S/C12H10N8O/c13-11-15-3-1-6(18-11)9-8(21)5-17-10(20-9)7-2-4-16-12(14)19-7/h1-5,21H,(H2,13,15,18)(H2,14,16,19). The van der Waals surface area contributed by atoms with E-state index in [1.165, 1.54) is 18.6 Å². The third kappa shape index (κ3) is 2.52. The molecule has 0 spiro atoms. The minimum atomic E-state index is -0.126. The normalized spacial score (nSPS) is 10.5. The molecule has 0 bridgehead atoms. The highest BCUT2D eigenvalue weighted by atomic mass is 16.3. The van der Waals surface area contributed by atoms with Crippen molar-refractivity contribution in [1.29, 1.82) is 0 Å². The molecule has 0 fully saturated rings. The van der Waals surface area contributed by atoms with Gasteiger partial charge in [-0.15, -0.1) is 0 Å². The van der Waals surface area contributed by atoms with Gasteiger partial charge in [0.05, 0.1) is 11.9 Å². The maximum absolute atomic E-state index is 9.90. The van der Waals surface area contributed by atoms with Crippen molar-refractivity contribution in [1.82, 2.24) is 29.9 Å². The van der Waals surface area contributed by atoms with Crippen LogP contribution in [0.1, 0.15) is 0 Å². The van der Waals surface area contributed by atoms with E-state index >= 15 is 0 Å². The topological polar surface area (TPSA) is 150 Å². The first-order valence-electron chi connectivity index (χ1n) is 5.87. The van der Waals surface area contributed by atoms with Crippen LogP contribution < -0.4 is 11.5 Å². The number of nitrogens with zero attached hydrogens (tertiary/aromatic N) is 6. The van der Waals surface area contributed by atoms with Crippen LogP contribution in [0.25, 0.3) is 22.9 Å². The molecule has 3 heterocycles. The molecule has 5 N–H and O–H groups in total. The smallest absolute Gasteiger partial charge is 0.220 e. The summed E-state index contributed by atoms with van der Waals surface area (Å²) < 4.78 is 0. The first-order valence-corrected chi connectivity index (χ1v) is 5.87. The highest BCUT2D eigenvalue weighted by molar-refractivity contribution is 5.65. The average molecular weight is 282 g/mol. The van der Waals surface area contributed by atoms with Gasteiger partial charge in [-0.25, -0.2) is 29.9 Å². The van der Waals surface area contributed by atoms with E-state index in [4.69, 9.17) is 11.5 Å². The summed E-state index contributed by atoms with van der Waals surface area (Å²) in [4.78, 5) is 23.9. The predicted molar refractivity (Wildman–Crippen MR) is 74.6 cm³/mol. The number of rotatable bonds is 2. The van der Waals surface area contributed by atoms with Crippen molar-refractivity contribution >= 4 is 11.9 Å². The fourth-order valence-corrected chi connectivity index (χ4v) is 1.69. The molecule has 3 aromatic rings. The monoisotopic (exact) mass is 282 g/mol. The van der Waals surface area contributed by atoms with Gasteiger partial charge in [-0.2, -0.15) is 0 Å². The van der Waals surface area contributed by atoms with Crippen molar-refractivity contribution in [2.45, 2.75) is 0 Å². The zero-order valence-corrected chi connectivity index (χ0v) is 10.7. The first kappa shape index (κ1) is 12.7. The molecule has 21 heavy (non-hydrogen) atoms. The van der Waals surface area contributed by atoms with Gasteiger partial charge in [0.15, 0.2) is 11.6 Å². The molecule has 0 saturated heterocycles. The second-order valence-electron chi connectivity index (χ2n) is 4.03. The van der Waals surface area contributed by atoms with Gasteiger partial charge >= 0.3 is 0 Å². The van der Waals surface area contributed by atoms with Crippen molar-refractivity contribution in [3.05, 3.63) is 30.7 Å². The Labute approximate surface area is 118 Å². The molecule has 104 valence electrons. The van der Waals surface area contributed by atoms with Gasteiger partial charge in [-0.1, -0.05) is 0 Å². The van der Waals surface area contributed by atoms with Crippen LogP contribution in [0.5, 0.6) is 5.75 Å². The molecule has 0 unspecified atom stereocenters. The molecule has 0 amide bonds. The number of anilines is 2. The molecule has 0 aliphatic rings. The zero-order valence-electron chi connectivity index (χ0n) is 10.7. The lowest BCUT2D eigenvalue weighted by Gasteiger charge is -2.06. The first-order chi connectivity index (χ1) is 10.1. The molecule has 9 nitrogen and oxygen atoms in total. The minimum Gasteiger partial charge on any atom is -0.504 e. The quantitative estimate of drug-likeness (QED) is 0.601. The third-order valence-electron chi connectivity index (χ3n) is 2.59. The number of hydrogen-bond acceptors (Lipinski definition) is 9. The van der Waals surface area contributed by atoms with Crippen molar-refractivity contribution in [3.8, 4) is 28.7 Å². The zero-order chi connectivity index (χ0) is 14.8. The van der Waals surface area contributed by atoms with E-state index in [0.29, 0.717) is 11.4 Å². The number of nitrogen functional groups attached to an aromatic ring is 2. The van der Waals surface area contributed by atoms with Crippen molar-refractivity contribution < 1.29 is 5.11 Å². The Kier molecular flexibility index (Phi) is 2.99. The molecule has 0 atom stereocenters. The predicted octanol–water partition coefficient (Wildman–Crippen LogP) is 0.261. The Balaban J connectivity index is 2.12. The Bertz CT molecular complexity index is 807. The van der Waals surface area contributed by atoms with E-state index in [2.05, 4.69) is 29.9 Å². The van der Waals surface area contributed by atoms with Gasteiger partial charge < -0.3 is 16.6 Å². The number of aromatic hydroxyl groups is 1. The van der Waals surface area contributed by atoms with Crippen LogP contribution in [0.3, 0.4) is 0 Å². The Morgan fingerprint density at radius 2 is 1.43 bits per heavy atom. The molecular weight excluding hydrogens is 272 g/mol. The van der Waals surface area contributed by atoms with E-state index in [1.807, 2.05) is 0 Å². The Morgan fingerprint density at radius 1 is 0.810 bits per heavy atom. The summed E-state index contributed by atoms with van der Waals surface area (Å²) in [7, 11) is 0. The summed E-state index contributed by atoms with van der Waals surface area (Å²) in [5, 5.41) is 9.90. The Morgan fingerprint density at radius 3 is 2.10 bits per heavy atom. The maximum atomic E-state index is 9.90. The molecule has 9 heteroatoms. The lowest BCUT2D eigenvalue weighted by atomic mass is 10.2. The van der Waals surface area contributed by atoms with Gasteiger partial charge in [-0.3, -0.25) is 0 Å². The summed E-state index contributed by atoms with van der Waals surface area (Å²) in [6.45, 7) is 0. The van der Waals surface area contributed by atoms with Crippen molar-refractivity contribution in [2.75, 3.05) is 11.5 Å². The van der Waals surface area contributed by atoms with Gasteiger partial charge in [0.1, 0.15) is 11.4 Å². The average Bonchev–Trinajstić information content (AvgIpc) is 2.47. The molecule has 3 aromatic heterocycles. The van der Waals surface area contributed by atoms with Crippen LogP contribution in [-0.4, -0.2) is 35.0 Å². The summed E-state index contributed by atoms with van der Waals surface area (Å²) >= 11 is 0. The molecule has 3 rings (SSSR count). The summed E-state index contributed by atoms with van der Waals surface area (Å²) in [5.74, 6) is 0.350. The van der Waals surface area contributed by atoms with Crippen LogP contribution in [0, 0.1) is 0 Å². The largest absolute Gasteiger partial charge is 0.504 e. The molecule has 0 aromatic carbocycles. The van der Waals surface area contributed by atoms with Crippen LogP contribution in [-0.2, 0) is 0 Å². The molecule has 0 saturated carbocycles. The van der Waals surface area contributed by atoms with E-state index in [9.17, 15) is 5.11 Å². The SMILES string of the molecule is Nc1nccc(-c2ncc(O)c(-c3ccnc(N)n3)n2)n1. The fraction of sp³-hybridized carbons (Fsp3) is 0. The van der Waals surface area contributed by atoms with Gasteiger partial charge in [-0.05, 0) is 12.1 Å². The summed E-state index contributed by atoms with van der Waals surface area (Å²) in [5.41, 5.74) is 12.1. The van der Waals surface area contributed by atoms with E-state index in [1.54, 1.807) is 12.1 Å². The lowest BCUT2D eigenvalue weighted by molar-refractivity contribution is 0.472. The van der Waals surface area contributed by atoms with Gasteiger partial charge in [0.2, 0.25) is 11.9 Å². The second-order valence-corrected chi connectivity index (χ2v) is 4.03. The van der Waals surface area contributed by atoms with Crippen molar-refractivity contribution in [2.24, 2.45) is 0 Å². The fourth-order valence-electron chi connectivity index (χ4n) is 1.69. The molecule has 0 aliphatic carbocycles. The van der Waals surface area contributed by atoms with Crippen molar-refractivity contribution in [3.63, 3.8) is 0 Å². The highest BCUT2D eigenvalue weighted by Crippen LogP contribution is 2.26. The van der Waals surface area contributed by atoms with E-state index < -0.39 is 0 Å². The van der Waals surface area contributed by atoms with E-state index in [0.717, 1.165) is 0 Å².